The number of benzene rings is 1. The highest BCUT2D eigenvalue weighted by molar-refractivity contribution is 6.08. The molecule has 25 heavy (non-hydrogen) atoms. The number of rotatable bonds is 1. The lowest BCUT2D eigenvalue weighted by Crippen LogP contribution is -2.43. The van der Waals surface area contributed by atoms with Crippen molar-refractivity contribution in [3.05, 3.63) is 41.0 Å². The van der Waals surface area contributed by atoms with E-state index in [0.29, 0.717) is 36.6 Å². The number of fused-ring (bicyclic) bond motifs is 2. The van der Waals surface area contributed by atoms with E-state index in [4.69, 9.17) is 4.74 Å². The van der Waals surface area contributed by atoms with Crippen molar-refractivity contribution in [2.45, 2.75) is 32.5 Å². The van der Waals surface area contributed by atoms with Gasteiger partial charge in [0, 0.05) is 32.1 Å². The van der Waals surface area contributed by atoms with E-state index in [0.717, 1.165) is 11.3 Å². The number of carbonyl (C=O) groups excluding carboxylic acids is 1. The Labute approximate surface area is 145 Å². The lowest BCUT2D eigenvalue weighted by Gasteiger charge is -2.35. The molecule has 0 fully saturated rings. The summed E-state index contributed by atoms with van der Waals surface area (Å²) in [7, 11) is 1.83. The van der Waals surface area contributed by atoms with Crippen molar-refractivity contribution in [1.82, 2.24) is 10.2 Å². The van der Waals surface area contributed by atoms with Crippen molar-refractivity contribution < 1.29 is 13.9 Å². The number of anilines is 2. The molecular weight excluding hydrogens is 323 g/mol. The second-order valence-corrected chi connectivity index (χ2v) is 6.74. The van der Waals surface area contributed by atoms with E-state index in [1.807, 2.05) is 25.8 Å². The Balaban J connectivity index is 1.75. The number of likely N-dealkylation sites (N-methyl/N-ethyl adjacent to an activating group) is 1. The number of amides is 1. The number of nitrogens with zero attached hydrogens (tertiary/aromatic N) is 3. The molecule has 6 nitrogen and oxygen atoms in total. The van der Waals surface area contributed by atoms with Crippen LogP contribution in [0.5, 0.6) is 0 Å². The Morgan fingerprint density at radius 1 is 1.36 bits per heavy atom. The molecule has 1 aromatic carbocycles. The summed E-state index contributed by atoms with van der Waals surface area (Å²) in [5.41, 5.74) is 3.22. The number of para-hydroxylation sites is 1. The van der Waals surface area contributed by atoms with Gasteiger partial charge in [0.1, 0.15) is 5.82 Å². The van der Waals surface area contributed by atoms with Gasteiger partial charge in [-0.05, 0) is 26.0 Å². The van der Waals surface area contributed by atoms with Crippen LogP contribution in [0.1, 0.15) is 41.7 Å². The van der Waals surface area contributed by atoms with Crippen molar-refractivity contribution in [1.29, 1.82) is 0 Å². The van der Waals surface area contributed by atoms with Crippen LogP contribution in [0.15, 0.2) is 18.2 Å². The van der Waals surface area contributed by atoms with Crippen molar-refractivity contribution in [3.63, 3.8) is 0 Å². The molecule has 7 heteroatoms. The highest BCUT2D eigenvalue weighted by atomic mass is 19.1. The van der Waals surface area contributed by atoms with E-state index < -0.39 is 0 Å². The smallest absolute Gasteiger partial charge is 0.279 e. The number of ether oxygens (including phenoxy) is 1. The lowest BCUT2D eigenvalue weighted by atomic mass is 9.99. The van der Waals surface area contributed by atoms with E-state index in [1.54, 1.807) is 17.0 Å². The van der Waals surface area contributed by atoms with Crippen LogP contribution < -0.4 is 9.80 Å². The standard InChI is InChI=1S/C18H21FN4O2/c1-10-9-12-15(11(2)25-10)20-21-16(12)18(24)23-8-7-22(3)17-13(19)5-4-6-14(17)23/h4-6,10-11H,7-9H2,1-3H3,(H,20,21)/t10-,11+/m1/s1. The monoisotopic (exact) mass is 344 g/mol. The summed E-state index contributed by atoms with van der Waals surface area (Å²) in [6.45, 7) is 5.00. The van der Waals surface area contributed by atoms with Crippen LogP contribution in [0.2, 0.25) is 0 Å². The fourth-order valence-corrected chi connectivity index (χ4v) is 3.77. The molecule has 4 rings (SSSR count). The molecule has 2 atom stereocenters. The molecule has 0 spiro atoms. The predicted molar refractivity (Wildman–Crippen MR) is 92.6 cm³/mol. The molecule has 132 valence electrons. The molecule has 1 N–H and O–H groups in total. The number of halogens is 1. The molecule has 3 heterocycles. The van der Waals surface area contributed by atoms with Crippen molar-refractivity contribution in [2.24, 2.45) is 0 Å². The van der Waals surface area contributed by atoms with Crippen molar-refractivity contribution >= 4 is 17.3 Å². The van der Waals surface area contributed by atoms with E-state index >= 15 is 0 Å². The van der Waals surface area contributed by atoms with Crippen LogP contribution in [0.3, 0.4) is 0 Å². The summed E-state index contributed by atoms with van der Waals surface area (Å²) in [4.78, 5) is 16.7. The van der Waals surface area contributed by atoms with Crippen LogP contribution in [-0.2, 0) is 11.2 Å². The van der Waals surface area contributed by atoms with Crippen molar-refractivity contribution in [3.8, 4) is 0 Å². The molecule has 0 bridgehead atoms. The van der Waals surface area contributed by atoms with E-state index in [2.05, 4.69) is 10.2 Å². The quantitative estimate of drug-likeness (QED) is 0.864. The molecule has 0 saturated heterocycles. The summed E-state index contributed by atoms with van der Waals surface area (Å²) >= 11 is 0. The van der Waals surface area contributed by atoms with Gasteiger partial charge in [0.05, 0.1) is 29.3 Å². The third-order valence-electron chi connectivity index (χ3n) is 4.98. The number of nitrogens with one attached hydrogen (secondary N) is 1. The molecule has 2 aliphatic heterocycles. The third kappa shape index (κ3) is 2.50. The normalized spacial score (nSPS) is 22.6. The Bertz CT molecular complexity index is 834. The number of hydrogen-bond donors (Lipinski definition) is 1. The van der Waals surface area contributed by atoms with Crippen LogP contribution in [-0.4, -0.2) is 42.3 Å². The number of carbonyl (C=O) groups is 1. The zero-order valence-electron chi connectivity index (χ0n) is 14.5. The molecule has 0 unspecified atom stereocenters. The van der Waals surface area contributed by atoms with Gasteiger partial charge >= 0.3 is 0 Å². The third-order valence-corrected chi connectivity index (χ3v) is 4.98. The summed E-state index contributed by atoms with van der Waals surface area (Å²) in [6, 6.07) is 4.82. The van der Waals surface area contributed by atoms with Gasteiger partial charge < -0.3 is 14.5 Å². The molecule has 0 radical (unpaired) electrons. The van der Waals surface area contributed by atoms with Gasteiger partial charge in [0.2, 0.25) is 0 Å². The Morgan fingerprint density at radius 3 is 2.96 bits per heavy atom. The van der Waals surface area contributed by atoms with Gasteiger partial charge in [0.15, 0.2) is 5.69 Å². The Morgan fingerprint density at radius 2 is 2.16 bits per heavy atom. The first-order valence-corrected chi connectivity index (χ1v) is 8.51. The van der Waals surface area contributed by atoms with Gasteiger partial charge in [-0.2, -0.15) is 5.10 Å². The zero-order valence-corrected chi connectivity index (χ0v) is 14.5. The average molecular weight is 344 g/mol. The van der Waals surface area contributed by atoms with Crippen LogP contribution in [0, 0.1) is 5.82 Å². The minimum Gasteiger partial charge on any atom is -0.369 e. The van der Waals surface area contributed by atoms with Gasteiger partial charge in [-0.3, -0.25) is 9.89 Å². The van der Waals surface area contributed by atoms with Gasteiger partial charge in [-0.25, -0.2) is 4.39 Å². The second kappa shape index (κ2) is 5.84. The van der Waals surface area contributed by atoms with Gasteiger partial charge in [-0.1, -0.05) is 6.07 Å². The largest absolute Gasteiger partial charge is 0.369 e. The lowest BCUT2D eigenvalue weighted by molar-refractivity contribution is -0.00696. The number of aromatic amines is 1. The number of hydrogen-bond acceptors (Lipinski definition) is 4. The fourth-order valence-electron chi connectivity index (χ4n) is 3.77. The molecule has 1 amide bonds. The fraction of sp³-hybridized carbons (Fsp3) is 0.444. The number of H-pyrrole nitrogens is 1. The topological polar surface area (TPSA) is 61.5 Å². The molecular formula is C18H21FN4O2. The van der Waals surface area contributed by atoms with Crippen molar-refractivity contribution in [2.75, 3.05) is 29.9 Å². The minimum absolute atomic E-state index is 0.0314. The van der Waals surface area contributed by atoms with E-state index in [1.165, 1.54) is 6.07 Å². The second-order valence-electron chi connectivity index (χ2n) is 6.74. The predicted octanol–water partition coefficient (Wildman–Crippen LogP) is 2.67. The highest BCUT2D eigenvalue weighted by Gasteiger charge is 2.34. The summed E-state index contributed by atoms with van der Waals surface area (Å²) in [5, 5.41) is 7.22. The summed E-state index contributed by atoms with van der Waals surface area (Å²) < 4.78 is 20.0. The zero-order chi connectivity index (χ0) is 17.7. The first kappa shape index (κ1) is 16.1. The van der Waals surface area contributed by atoms with Crippen LogP contribution in [0.25, 0.3) is 0 Å². The summed E-state index contributed by atoms with van der Waals surface area (Å²) in [6.07, 6.45) is 0.551. The molecule has 1 aromatic heterocycles. The van der Waals surface area contributed by atoms with E-state index in [-0.39, 0.29) is 23.9 Å². The maximum atomic E-state index is 14.3. The maximum Gasteiger partial charge on any atom is 0.279 e. The minimum atomic E-state index is -0.322. The van der Waals surface area contributed by atoms with Gasteiger partial charge in [-0.15, -0.1) is 0 Å². The maximum absolute atomic E-state index is 14.3. The first-order valence-electron chi connectivity index (χ1n) is 8.51. The highest BCUT2D eigenvalue weighted by Crippen LogP contribution is 2.36. The SMILES string of the molecule is C[C@@H]1Cc2c(C(=O)N3CCN(C)c4c(F)cccc43)n[nH]c2[C@H](C)O1. The van der Waals surface area contributed by atoms with E-state index in [9.17, 15) is 9.18 Å². The molecule has 2 aliphatic rings. The van der Waals surface area contributed by atoms with Gasteiger partial charge in [0.25, 0.3) is 5.91 Å². The Kier molecular flexibility index (Phi) is 3.76. The molecule has 0 saturated carbocycles. The summed E-state index contributed by atoms with van der Waals surface area (Å²) in [5.74, 6) is -0.518. The van der Waals surface area contributed by atoms with Crippen LogP contribution >= 0.6 is 0 Å². The average Bonchev–Trinajstić information content (AvgIpc) is 2.98. The first-order chi connectivity index (χ1) is 12.0. The molecule has 0 aliphatic carbocycles. The molecule has 2 aromatic rings. The number of aromatic nitrogens is 2. The Hall–Kier alpha value is -2.41. The van der Waals surface area contributed by atoms with Crippen LogP contribution in [0.4, 0.5) is 15.8 Å².